The summed E-state index contributed by atoms with van der Waals surface area (Å²) >= 11 is 0. The molecule has 0 amide bonds. The van der Waals surface area contributed by atoms with Crippen molar-refractivity contribution in [2.45, 2.75) is 39.5 Å². The van der Waals surface area contributed by atoms with Crippen molar-refractivity contribution in [3.05, 3.63) is 18.1 Å². The molecule has 1 rings (SSSR count). The molecule has 0 fully saturated rings. The molecule has 0 radical (unpaired) electrons. The Morgan fingerprint density at radius 1 is 1.18 bits per heavy atom. The van der Waals surface area contributed by atoms with E-state index in [0.29, 0.717) is 0 Å². The standard InChI is InChI=1S/C13H24N4/c1-3-6-12-10-13(16-11-15-12)17(8-4-2)9-5-7-14/h10-11H,3-9,14H2,1-2H3. The quantitative estimate of drug-likeness (QED) is 0.750. The van der Waals surface area contributed by atoms with E-state index in [-0.39, 0.29) is 0 Å². The van der Waals surface area contributed by atoms with E-state index in [2.05, 4.69) is 34.8 Å². The highest BCUT2D eigenvalue weighted by atomic mass is 15.2. The molecular weight excluding hydrogens is 212 g/mol. The van der Waals surface area contributed by atoms with E-state index in [9.17, 15) is 0 Å². The third kappa shape index (κ3) is 4.69. The number of anilines is 1. The van der Waals surface area contributed by atoms with Gasteiger partial charge in [0.15, 0.2) is 0 Å². The Labute approximate surface area is 104 Å². The van der Waals surface area contributed by atoms with Crippen molar-refractivity contribution in [3.8, 4) is 0 Å². The molecular formula is C13H24N4. The summed E-state index contributed by atoms with van der Waals surface area (Å²) in [5.41, 5.74) is 6.70. The first-order valence-corrected chi connectivity index (χ1v) is 6.57. The highest BCUT2D eigenvalue weighted by Crippen LogP contribution is 2.13. The van der Waals surface area contributed by atoms with Gasteiger partial charge in [-0.05, 0) is 25.8 Å². The molecule has 0 aliphatic carbocycles. The lowest BCUT2D eigenvalue weighted by molar-refractivity contribution is 0.708. The van der Waals surface area contributed by atoms with Crippen LogP contribution in [0.1, 0.15) is 38.8 Å². The number of rotatable bonds is 8. The number of aryl methyl sites for hydroxylation is 1. The predicted octanol–water partition coefficient (Wildman–Crippen LogP) is 1.99. The van der Waals surface area contributed by atoms with Crippen LogP contribution >= 0.6 is 0 Å². The summed E-state index contributed by atoms with van der Waals surface area (Å²) in [5.74, 6) is 1.04. The highest BCUT2D eigenvalue weighted by molar-refractivity contribution is 5.38. The molecule has 1 heterocycles. The van der Waals surface area contributed by atoms with Gasteiger partial charge < -0.3 is 10.6 Å². The van der Waals surface area contributed by atoms with Gasteiger partial charge >= 0.3 is 0 Å². The van der Waals surface area contributed by atoms with E-state index in [0.717, 1.165) is 56.8 Å². The van der Waals surface area contributed by atoms with Crippen molar-refractivity contribution >= 4 is 5.82 Å². The molecule has 0 spiro atoms. The summed E-state index contributed by atoms with van der Waals surface area (Å²) in [7, 11) is 0. The summed E-state index contributed by atoms with van der Waals surface area (Å²) in [4.78, 5) is 11.0. The lowest BCUT2D eigenvalue weighted by atomic mass is 10.2. The van der Waals surface area contributed by atoms with Gasteiger partial charge in [-0.2, -0.15) is 0 Å². The van der Waals surface area contributed by atoms with E-state index in [1.165, 1.54) is 0 Å². The first-order valence-electron chi connectivity index (χ1n) is 6.57. The number of hydrogen-bond acceptors (Lipinski definition) is 4. The maximum Gasteiger partial charge on any atom is 0.132 e. The zero-order chi connectivity index (χ0) is 12.5. The van der Waals surface area contributed by atoms with Gasteiger partial charge in [0.1, 0.15) is 12.1 Å². The maximum atomic E-state index is 5.57. The van der Waals surface area contributed by atoms with Crippen molar-refractivity contribution in [2.24, 2.45) is 5.73 Å². The van der Waals surface area contributed by atoms with Crippen LogP contribution in [0, 0.1) is 0 Å². The smallest absolute Gasteiger partial charge is 0.132 e. The molecule has 96 valence electrons. The van der Waals surface area contributed by atoms with E-state index < -0.39 is 0 Å². The average molecular weight is 236 g/mol. The number of aromatic nitrogens is 2. The molecule has 0 saturated carbocycles. The van der Waals surface area contributed by atoms with Crippen LogP contribution in [0.15, 0.2) is 12.4 Å². The first kappa shape index (κ1) is 13.9. The van der Waals surface area contributed by atoms with E-state index in [4.69, 9.17) is 5.73 Å². The van der Waals surface area contributed by atoms with Crippen LogP contribution in [0.3, 0.4) is 0 Å². The summed E-state index contributed by atoms with van der Waals surface area (Å²) in [5, 5.41) is 0. The second-order valence-electron chi connectivity index (χ2n) is 4.25. The fourth-order valence-corrected chi connectivity index (χ4v) is 1.84. The second kappa shape index (κ2) is 8.01. The average Bonchev–Trinajstić information content (AvgIpc) is 2.35. The van der Waals surface area contributed by atoms with Gasteiger partial charge in [-0.15, -0.1) is 0 Å². The first-order chi connectivity index (χ1) is 8.31. The third-order valence-electron chi connectivity index (χ3n) is 2.67. The number of nitrogens with two attached hydrogens (primary N) is 1. The summed E-state index contributed by atoms with van der Waals surface area (Å²) in [6.45, 7) is 7.09. The molecule has 0 aromatic carbocycles. The van der Waals surface area contributed by atoms with Crippen molar-refractivity contribution in [2.75, 3.05) is 24.5 Å². The molecule has 1 aromatic rings. The fraction of sp³-hybridized carbons (Fsp3) is 0.692. The number of hydrogen-bond donors (Lipinski definition) is 1. The Morgan fingerprint density at radius 3 is 2.65 bits per heavy atom. The minimum Gasteiger partial charge on any atom is -0.356 e. The lowest BCUT2D eigenvalue weighted by Crippen LogP contribution is -2.28. The fourth-order valence-electron chi connectivity index (χ4n) is 1.84. The Bertz CT molecular complexity index is 314. The predicted molar refractivity (Wildman–Crippen MR) is 72.2 cm³/mol. The molecule has 0 aliphatic rings. The van der Waals surface area contributed by atoms with Gasteiger partial charge in [0.2, 0.25) is 0 Å². The summed E-state index contributed by atoms with van der Waals surface area (Å²) in [6, 6.07) is 2.11. The Morgan fingerprint density at radius 2 is 2.00 bits per heavy atom. The lowest BCUT2D eigenvalue weighted by Gasteiger charge is -2.23. The summed E-state index contributed by atoms with van der Waals surface area (Å²) in [6.07, 6.45) is 5.94. The minimum absolute atomic E-state index is 0.729. The monoisotopic (exact) mass is 236 g/mol. The van der Waals surface area contributed by atoms with Crippen molar-refractivity contribution in [3.63, 3.8) is 0 Å². The van der Waals surface area contributed by atoms with Gasteiger partial charge in [-0.1, -0.05) is 20.3 Å². The molecule has 4 nitrogen and oxygen atoms in total. The number of nitrogens with zero attached hydrogens (tertiary/aromatic N) is 3. The molecule has 17 heavy (non-hydrogen) atoms. The molecule has 0 saturated heterocycles. The maximum absolute atomic E-state index is 5.57. The van der Waals surface area contributed by atoms with Crippen LogP contribution in [0.5, 0.6) is 0 Å². The molecule has 0 atom stereocenters. The molecule has 0 aliphatic heterocycles. The van der Waals surface area contributed by atoms with Crippen LogP contribution in [0.4, 0.5) is 5.82 Å². The van der Waals surface area contributed by atoms with Crippen LogP contribution in [0.25, 0.3) is 0 Å². The zero-order valence-corrected chi connectivity index (χ0v) is 11.0. The Balaban J connectivity index is 2.73. The van der Waals surface area contributed by atoms with Gasteiger partial charge in [0.25, 0.3) is 0 Å². The SMILES string of the molecule is CCCc1cc(N(CCC)CCCN)ncn1. The minimum atomic E-state index is 0.729. The molecule has 4 heteroatoms. The highest BCUT2D eigenvalue weighted by Gasteiger charge is 2.07. The largest absolute Gasteiger partial charge is 0.356 e. The molecule has 2 N–H and O–H groups in total. The topological polar surface area (TPSA) is 55.0 Å². The van der Waals surface area contributed by atoms with E-state index >= 15 is 0 Å². The third-order valence-corrected chi connectivity index (χ3v) is 2.67. The molecule has 0 bridgehead atoms. The van der Waals surface area contributed by atoms with Gasteiger partial charge in [0, 0.05) is 24.8 Å². The zero-order valence-electron chi connectivity index (χ0n) is 11.0. The Kier molecular flexibility index (Phi) is 6.55. The molecule has 1 aromatic heterocycles. The van der Waals surface area contributed by atoms with Crippen LogP contribution < -0.4 is 10.6 Å². The molecule has 0 unspecified atom stereocenters. The van der Waals surface area contributed by atoms with Crippen molar-refractivity contribution < 1.29 is 0 Å². The van der Waals surface area contributed by atoms with Gasteiger partial charge in [-0.25, -0.2) is 9.97 Å². The van der Waals surface area contributed by atoms with Gasteiger partial charge in [-0.3, -0.25) is 0 Å². The normalized spacial score (nSPS) is 10.5. The van der Waals surface area contributed by atoms with E-state index in [1.807, 2.05) is 0 Å². The van der Waals surface area contributed by atoms with Crippen LogP contribution in [-0.2, 0) is 6.42 Å². The van der Waals surface area contributed by atoms with Crippen LogP contribution in [0.2, 0.25) is 0 Å². The van der Waals surface area contributed by atoms with E-state index in [1.54, 1.807) is 6.33 Å². The Hall–Kier alpha value is -1.16. The summed E-state index contributed by atoms with van der Waals surface area (Å²) < 4.78 is 0. The van der Waals surface area contributed by atoms with Crippen molar-refractivity contribution in [1.29, 1.82) is 0 Å². The second-order valence-corrected chi connectivity index (χ2v) is 4.25. The van der Waals surface area contributed by atoms with Crippen LogP contribution in [-0.4, -0.2) is 29.6 Å². The van der Waals surface area contributed by atoms with Gasteiger partial charge in [0.05, 0.1) is 0 Å². The van der Waals surface area contributed by atoms with Crippen molar-refractivity contribution in [1.82, 2.24) is 9.97 Å².